The number of hydrogen-bond acceptors (Lipinski definition) is 4. The van der Waals surface area contributed by atoms with Crippen LogP contribution in [0.3, 0.4) is 0 Å². The number of hydrogen-bond donors (Lipinski definition) is 1. The van der Waals surface area contributed by atoms with Gasteiger partial charge in [0.25, 0.3) is 11.6 Å². The Labute approximate surface area is 121 Å². The lowest BCUT2D eigenvalue weighted by molar-refractivity contribution is -0.384. The molecule has 1 N–H and O–H groups in total. The first-order valence-corrected chi connectivity index (χ1v) is 5.82. The number of halogens is 3. The standard InChI is InChI=1S/C12H6ClF2N3O3/c13-10-2-1-6(5-16-10)12(19)17-11-8(15)3-7(14)4-9(11)18(20)21/h1-5H,(H,17,19). The number of anilines is 1. The van der Waals surface area contributed by atoms with Gasteiger partial charge in [-0.1, -0.05) is 11.6 Å². The average molecular weight is 314 g/mol. The minimum Gasteiger partial charge on any atom is -0.314 e. The second-order valence-electron chi connectivity index (χ2n) is 3.86. The van der Waals surface area contributed by atoms with Gasteiger partial charge in [0, 0.05) is 12.3 Å². The van der Waals surface area contributed by atoms with E-state index in [2.05, 4.69) is 4.98 Å². The van der Waals surface area contributed by atoms with Crippen LogP contribution < -0.4 is 5.32 Å². The van der Waals surface area contributed by atoms with Crippen LogP contribution in [0.15, 0.2) is 30.5 Å². The molecule has 0 fully saturated rings. The minimum absolute atomic E-state index is 0.0115. The summed E-state index contributed by atoms with van der Waals surface area (Å²) in [6.45, 7) is 0. The van der Waals surface area contributed by atoms with Crippen LogP contribution in [0, 0.1) is 21.7 Å². The number of aromatic nitrogens is 1. The van der Waals surface area contributed by atoms with Crippen molar-refractivity contribution in [3.8, 4) is 0 Å². The molecule has 0 aliphatic heterocycles. The van der Waals surface area contributed by atoms with Crippen LogP contribution in [-0.2, 0) is 0 Å². The molecule has 0 atom stereocenters. The molecular weight excluding hydrogens is 308 g/mol. The zero-order valence-electron chi connectivity index (χ0n) is 10.1. The van der Waals surface area contributed by atoms with Gasteiger partial charge in [0.05, 0.1) is 16.6 Å². The molecule has 0 bridgehead atoms. The summed E-state index contributed by atoms with van der Waals surface area (Å²) in [7, 11) is 0. The van der Waals surface area contributed by atoms with Gasteiger partial charge >= 0.3 is 0 Å². The number of carbonyl (C=O) groups excluding carboxylic acids is 1. The third-order valence-corrected chi connectivity index (χ3v) is 2.68. The molecule has 1 amide bonds. The van der Waals surface area contributed by atoms with E-state index < -0.39 is 33.8 Å². The third-order valence-electron chi connectivity index (χ3n) is 2.46. The van der Waals surface area contributed by atoms with Gasteiger partial charge in [-0.3, -0.25) is 14.9 Å². The molecule has 108 valence electrons. The van der Waals surface area contributed by atoms with Crippen molar-refractivity contribution >= 4 is 28.9 Å². The van der Waals surface area contributed by atoms with E-state index >= 15 is 0 Å². The number of nitro benzene ring substituents is 1. The molecule has 1 aromatic carbocycles. The smallest absolute Gasteiger partial charge is 0.298 e. The number of nitrogens with zero attached hydrogens (tertiary/aromatic N) is 2. The van der Waals surface area contributed by atoms with E-state index in [0.29, 0.717) is 12.1 Å². The Bertz CT molecular complexity index is 722. The number of nitrogens with one attached hydrogen (secondary N) is 1. The fourth-order valence-electron chi connectivity index (χ4n) is 1.52. The van der Waals surface area contributed by atoms with Gasteiger partial charge in [-0.25, -0.2) is 13.8 Å². The molecular formula is C12H6ClF2N3O3. The first-order chi connectivity index (χ1) is 9.88. The van der Waals surface area contributed by atoms with Crippen molar-refractivity contribution in [3.05, 3.63) is 62.9 Å². The molecule has 0 spiro atoms. The third kappa shape index (κ3) is 3.29. The van der Waals surface area contributed by atoms with Crippen molar-refractivity contribution in [2.75, 3.05) is 5.32 Å². The van der Waals surface area contributed by atoms with Crippen LogP contribution in [0.5, 0.6) is 0 Å². The van der Waals surface area contributed by atoms with E-state index in [1.807, 2.05) is 5.32 Å². The summed E-state index contributed by atoms with van der Waals surface area (Å²) >= 11 is 5.55. The van der Waals surface area contributed by atoms with Gasteiger partial charge in [0.2, 0.25) is 0 Å². The zero-order valence-corrected chi connectivity index (χ0v) is 10.9. The van der Waals surface area contributed by atoms with E-state index in [4.69, 9.17) is 11.6 Å². The predicted octanol–water partition coefficient (Wildman–Crippen LogP) is 3.17. The van der Waals surface area contributed by atoms with Crippen molar-refractivity contribution < 1.29 is 18.5 Å². The number of benzene rings is 1. The van der Waals surface area contributed by atoms with E-state index in [1.165, 1.54) is 12.1 Å². The second-order valence-corrected chi connectivity index (χ2v) is 4.25. The number of carbonyl (C=O) groups is 1. The van der Waals surface area contributed by atoms with Crippen molar-refractivity contribution in [1.82, 2.24) is 4.98 Å². The Morgan fingerprint density at radius 1 is 1.33 bits per heavy atom. The highest BCUT2D eigenvalue weighted by Gasteiger charge is 2.22. The van der Waals surface area contributed by atoms with Crippen LogP contribution in [0.25, 0.3) is 0 Å². The number of amides is 1. The topological polar surface area (TPSA) is 85.1 Å². The molecule has 0 aliphatic rings. The van der Waals surface area contributed by atoms with Crippen LogP contribution in [0.2, 0.25) is 5.15 Å². The molecule has 1 heterocycles. The summed E-state index contributed by atoms with van der Waals surface area (Å²) in [5.74, 6) is -3.21. The normalized spacial score (nSPS) is 10.2. The Hall–Kier alpha value is -2.61. The summed E-state index contributed by atoms with van der Waals surface area (Å²) in [5, 5.41) is 12.9. The molecule has 9 heteroatoms. The van der Waals surface area contributed by atoms with Crippen molar-refractivity contribution in [1.29, 1.82) is 0 Å². The van der Waals surface area contributed by atoms with Crippen LogP contribution in [0.4, 0.5) is 20.2 Å². The highest BCUT2D eigenvalue weighted by atomic mass is 35.5. The first-order valence-electron chi connectivity index (χ1n) is 5.45. The van der Waals surface area contributed by atoms with Gasteiger partial charge in [-0.05, 0) is 12.1 Å². The summed E-state index contributed by atoms with van der Waals surface area (Å²) in [6, 6.07) is 3.57. The Morgan fingerprint density at radius 3 is 2.62 bits per heavy atom. The minimum atomic E-state index is -1.25. The lowest BCUT2D eigenvalue weighted by Gasteiger charge is -2.07. The van der Waals surface area contributed by atoms with Crippen molar-refractivity contribution in [3.63, 3.8) is 0 Å². The number of rotatable bonds is 3. The molecule has 1 aromatic heterocycles. The fourth-order valence-corrected chi connectivity index (χ4v) is 1.64. The van der Waals surface area contributed by atoms with E-state index in [9.17, 15) is 23.7 Å². The molecule has 0 saturated carbocycles. The van der Waals surface area contributed by atoms with E-state index in [0.717, 1.165) is 6.20 Å². The Balaban J connectivity index is 2.37. The average Bonchev–Trinajstić information content (AvgIpc) is 2.41. The van der Waals surface area contributed by atoms with Gasteiger partial charge in [-0.2, -0.15) is 0 Å². The van der Waals surface area contributed by atoms with Crippen LogP contribution in [0.1, 0.15) is 10.4 Å². The lowest BCUT2D eigenvalue weighted by atomic mass is 10.2. The largest absolute Gasteiger partial charge is 0.314 e. The SMILES string of the molecule is O=C(Nc1c(F)cc(F)cc1[N+](=O)[O-])c1ccc(Cl)nc1. The van der Waals surface area contributed by atoms with Crippen molar-refractivity contribution in [2.24, 2.45) is 0 Å². The zero-order chi connectivity index (χ0) is 15.6. The van der Waals surface area contributed by atoms with Crippen LogP contribution in [-0.4, -0.2) is 15.8 Å². The van der Waals surface area contributed by atoms with Crippen molar-refractivity contribution in [2.45, 2.75) is 0 Å². The highest BCUT2D eigenvalue weighted by Crippen LogP contribution is 2.29. The van der Waals surface area contributed by atoms with Crippen LogP contribution >= 0.6 is 11.6 Å². The monoisotopic (exact) mass is 313 g/mol. The Kier molecular flexibility index (Phi) is 4.08. The molecule has 0 unspecified atom stereocenters. The summed E-state index contributed by atoms with van der Waals surface area (Å²) in [6.07, 6.45) is 1.12. The molecule has 0 saturated heterocycles. The first kappa shape index (κ1) is 14.8. The second kappa shape index (κ2) is 5.80. The van der Waals surface area contributed by atoms with Gasteiger partial charge in [-0.15, -0.1) is 0 Å². The van der Waals surface area contributed by atoms with Gasteiger partial charge in [0.15, 0.2) is 11.5 Å². The molecule has 2 aromatic rings. The van der Waals surface area contributed by atoms with E-state index in [1.54, 1.807) is 0 Å². The summed E-state index contributed by atoms with van der Waals surface area (Å²) < 4.78 is 26.6. The predicted molar refractivity (Wildman–Crippen MR) is 70.2 cm³/mol. The molecule has 0 aliphatic carbocycles. The molecule has 0 radical (unpaired) electrons. The molecule has 2 rings (SSSR count). The highest BCUT2D eigenvalue weighted by molar-refractivity contribution is 6.29. The maximum Gasteiger partial charge on any atom is 0.298 e. The lowest BCUT2D eigenvalue weighted by Crippen LogP contribution is -2.15. The van der Waals surface area contributed by atoms with Gasteiger partial charge < -0.3 is 5.32 Å². The number of pyridine rings is 1. The summed E-state index contributed by atoms with van der Waals surface area (Å²) in [4.78, 5) is 25.3. The quantitative estimate of drug-likeness (QED) is 0.536. The molecule has 21 heavy (non-hydrogen) atoms. The summed E-state index contributed by atoms with van der Waals surface area (Å²) in [5.41, 5.74) is -1.60. The fraction of sp³-hybridized carbons (Fsp3) is 0. The molecule has 6 nitrogen and oxygen atoms in total. The maximum atomic E-state index is 13.6. The Morgan fingerprint density at radius 2 is 2.05 bits per heavy atom. The van der Waals surface area contributed by atoms with E-state index in [-0.39, 0.29) is 10.7 Å². The number of nitro groups is 1. The van der Waals surface area contributed by atoms with Gasteiger partial charge in [0.1, 0.15) is 11.0 Å². The maximum absolute atomic E-state index is 13.6.